The lowest BCUT2D eigenvalue weighted by Gasteiger charge is -2.03. The smallest absolute Gasteiger partial charge is 0.119 e. The van der Waals surface area contributed by atoms with Crippen molar-refractivity contribution in [3.05, 3.63) is 28.2 Å². The van der Waals surface area contributed by atoms with Gasteiger partial charge in [-0.15, -0.1) is 0 Å². The van der Waals surface area contributed by atoms with Crippen LogP contribution in [-0.2, 0) is 4.74 Å². The largest absolute Gasteiger partial charge is 0.497 e. The molecule has 0 amide bonds. The van der Waals surface area contributed by atoms with Crippen LogP contribution in [0.15, 0.2) is 22.7 Å². The minimum atomic E-state index is 0.273. The molecule has 0 bridgehead atoms. The third kappa shape index (κ3) is 1.47. The predicted octanol–water partition coefficient (Wildman–Crippen LogP) is 2.53. The van der Waals surface area contributed by atoms with Crippen molar-refractivity contribution in [2.75, 3.05) is 13.7 Å². The summed E-state index contributed by atoms with van der Waals surface area (Å²) in [5, 5.41) is 0. The minimum absolute atomic E-state index is 0.273. The number of benzene rings is 1. The Morgan fingerprint density at radius 3 is 2.92 bits per heavy atom. The van der Waals surface area contributed by atoms with Crippen molar-refractivity contribution >= 4 is 15.9 Å². The molecule has 1 aromatic carbocycles. The van der Waals surface area contributed by atoms with E-state index >= 15 is 0 Å². The molecule has 1 aliphatic rings. The van der Waals surface area contributed by atoms with Crippen LogP contribution in [-0.4, -0.2) is 13.7 Å². The number of methoxy groups -OCH3 is 1. The number of hydrogen-bond donors (Lipinski definition) is 0. The summed E-state index contributed by atoms with van der Waals surface area (Å²) in [5.74, 6) is 0.878. The molecule has 1 atom stereocenters. The van der Waals surface area contributed by atoms with E-state index in [0.29, 0.717) is 0 Å². The fraction of sp³-hybridized carbons (Fsp3) is 0.333. The van der Waals surface area contributed by atoms with Gasteiger partial charge < -0.3 is 9.47 Å². The van der Waals surface area contributed by atoms with E-state index in [1.807, 2.05) is 18.2 Å². The number of epoxide rings is 1. The van der Waals surface area contributed by atoms with E-state index in [2.05, 4.69) is 15.9 Å². The van der Waals surface area contributed by atoms with Crippen molar-refractivity contribution in [2.45, 2.75) is 6.10 Å². The van der Waals surface area contributed by atoms with Crippen molar-refractivity contribution in [2.24, 2.45) is 0 Å². The monoisotopic (exact) mass is 228 g/mol. The molecule has 1 heterocycles. The molecule has 1 aromatic rings. The van der Waals surface area contributed by atoms with Crippen LogP contribution in [0.5, 0.6) is 5.75 Å². The van der Waals surface area contributed by atoms with Crippen LogP contribution in [0, 0.1) is 0 Å². The first-order valence-electron chi connectivity index (χ1n) is 3.76. The molecular formula is C9H9BrO2. The summed E-state index contributed by atoms with van der Waals surface area (Å²) in [6, 6.07) is 5.91. The zero-order valence-electron chi connectivity index (χ0n) is 6.71. The average Bonchev–Trinajstić information content (AvgIpc) is 2.88. The van der Waals surface area contributed by atoms with Crippen molar-refractivity contribution in [3.63, 3.8) is 0 Å². The Bertz CT molecular complexity index is 295. The molecule has 1 aliphatic heterocycles. The van der Waals surface area contributed by atoms with Crippen LogP contribution in [0.25, 0.3) is 0 Å². The molecule has 2 rings (SSSR count). The summed E-state index contributed by atoms with van der Waals surface area (Å²) in [4.78, 5) is 0. The van der Waals surface area contributed by atoms with E-state index in [-0.39, 0.29) is 6.10 Å². The van der Waals surface area contributed by atoms with Crippen LogP contribution < -0.4 is 4.74 Å². The molecule has 2 nitrogen and oxygen atoms in total. The summed E-state index contributed by atoms with van der Waals surface area (Å²) in [6.45, 7) is 0.825. The maximum absolute atomic E-state index is 5.19. The van der Waals surface area contributed by atoms with Gasteiger partial charge in [-0.1, -0.05) is 15.9 Å². The Balaban J connectivity index is 2.36. The van der Waals surface area contributed by atoms with Crippen LogP contribution in [0.2, 0.25) is 0 Å². The second kappa shape index (κ2) is 3.07. The Morgan fingerprint density at radius 2 is 2.33 bits per heavy atom. The molecule has 1 saturated heterocycles. The fourth-order valence-electron chi connectivity index (χ4n) is 1.12. The van der Waals surface area contributed by atoms with Gasteiger partial charge in [-0.25, -0.2) is 0 Å². The van der Waals surface area contributed by atoms with Gasteiger partial charge in [-0.2, -0.15) is 0 Å². The summed E-state index contributed by atoms with van der Waals surface area (Å²) in [7, 11) is 1.67. The lowest BCUT2D eigenvalue weighted by molar-refractivity contribution is 0.404. The minimum Gasteiger partial charge on any atom is -0.497 e. The molecule has 0 aliphatic carbocycles. The highest BCUT2D eigenvalue weighted by Crippen LogP contribution is 2.36. The van der Waals surface area contributed by atoms with E-state index in [4.69, 9.17) is 9.47 Å². The van der Waals surface area contributed by atoms with Crippen molar-refractivity contribution in [3.8, 4) is 5.75 Å². The Kier molecular flexibility index (Phi) is 2.07. The summed E-state index contributed by atoms with van der Waals surface area (Å²) in [6.07, 6.45) is 0.273. The Labute approximate surface area is 79.6 Å². The zero-order valence-corrected chi connectivity index (χ0v) is 8.30. The summed E-state index contributed by atoms with van der Waals surface area (Å²) < 4.78 is 11.4. The van der Waals surface area contributed by atoms with Crippen LogP contribution in [0.1, 0.15) is 11.7 Å². The van der Waals surface area contributed by atoms with Gasteiger partial charge >= 0.3 is 0 Å². The number of halogens is 1. The normalized spacial score (nSPS) is 20.7. The van der Waals surface area contributed by atoms with Crippen molar-refractivity contribution in [1.82, 2.24) is 0 Å². The van der Waals surface area contributed by atoms with Gasteiger partial charge in [0, 0.05) is 10.0 Å². The van der Waals surface area contributed by atoms with Gasteiger partial charge in [0.15, 0.2) is 0 Å². The quantitative estimate of drug-likeness (QED) is 0.727. The molecule has 3 heteroatoms. The molecule has 0 saturated carbocycles. The molecule has 0 spiro atoms. The molecule has 12 heavy (non-hydrogen) atoms. The maximum atomic E-state index is 5.19. The highest BCUT2D eigenvalue weighted by molar-refractivity contribution is 9.10. The summed E-state index contributed by atoms with van der Waals surface area (Å²) in [5.41, 5.74) is 1.18. The lowest BCUT2D eigenvalue weighted by Crippen LogP contribution is -1.87. The second-order valence-corrected chi connectivity index (χ2v) is 3.56. The van der Waals surface area contributed by atoms with Crippen LogP contribution >= 0.6 is 15.9 Å². The first-order chi connectivity index (χ1) is 5.81. The molecule has 64 valence electrons. The molecule has 0 unspecified atom stereocenters. The number of rotatable bonds is 2. The average molecular weight is 229 g/mol. The van der Waals surface area contributed by atoms with Crippen molar-refractivity contribution < 1.29 is 9.47 Å². The van der Waals surface area contributed by atoms with E-state index in [1.54, 1.807) is 7.11 Å². The third-order valence-corrected chi connectivity index (χ3v) is 2.61. The first-order valence-corrected chi connectivity index (χ1v) is 4.55. The maximum Gasteiger partial charge on any atom is 0.119 e. The molecule has 1 fully saturated rings. The van der Waals surface area contributed by atoms with Crippen LogP contribution in [0.4, 0.5) is 0 Å². The molecule has 0 aromatic heterocycles. The van der Waals surface area contributed by atoms with E-state index in [0.717, 1.165) is 16.8 Å². The van der Waals surface area contributed by atoms with Gasteiger partial charge in [-0.05, 0) is 18.2 Å². The number of hydrogen-bond acceptors (Lipinski definition) is 2. The standard InChI is InChI=1S/C9H9BrO2/c1-11-6-2-3-8(10)7(4-6)9-5-12-9/h2-4,9H,5H2,1H3/t9-/m0/s1. The SMILES string of the molecule is COc1ccc(Br)c([C@@H]2CO2)c1. The highest BCUT2D eigenvalue weighted by Gasteiger charge is 2.27. The van der Waals surface area contributed by atoms with E-state index in [1.165, 1.54) is 5.56 Å². The van der Waals surface area contributed by atoms with Gasteiger partial charge in [-0.3, -0.25) is 0 Å². The topological polar surface area (TPSA) is 21.8 Å². The fourth-order valence-corrected chi connectivity index (χ4v) is 1.63. The predicted molar refractivity (Wildman–Crippen MR) is 49.4 cm³/mol. The zero-order chi connectivity index (χ0) is 8.55. The van der Waals surface area contributed by atoms with Crippen LogP contribution in [0.3, 0.4) is 0 Å². The second-order valence-electron chi connectivity index (χ2n) is 2.71. The van der Waals surface area contributed by atoms with Gasteiger partial charge in [0.1, 0.15) is 11.9 Å². The molecular weight excluding hydrogens is 220 g/mol. The van der Waals surface area contributed by atoms with Gasteiger partial charge in [0.25, 0.3) is 0 Å². The van der Waals surface area contributed by atoms with Gasteiger partial charge in [0.2, 0.25) is 0 Å². The molecule has 0 N–H and O–H groups in total. The van der Waals surface area contributed by atoms with Crippen molar-refractivity contribution in [1.29, 1.82) is 0 Å². The van der Waals surface area contributed by atoms with E-state index in [9.17, 15) is 0 Å². The first kappa shape index (κ1) is 8.08. The number of ether oxygens (including phenoxy) is 2. The Morgan fingerprint density at radius 1 is 1.58 bits per heavy atom. The lowest BCUT2D eigenvalue weighted by atomic mass is 10.1. The Hall–Kier alpha value is -0.540. The van der Waals surface area contributed by atoms with Gasteiger partial charge in [0.05, 0.1) is 13.7 Å². The molecule has 0 radical (unpaired) electrons. The highest BCUT2D eigenvalue weighted by atomic mass is 79.9. The van der Waals surface area contributed by atoms with E-state index < -0.39 is 0 Å². The summed E-state index contributed by atoms with van der Waals surface area (Å²) >= 11 is 3.46. The third-order valence-electron chi connectivity index (χ3n) is 1.88.